The lowest BCUT2D eigenvalue weighted by molar-refractivity contribution is 0.00272. The van der Waals surface area contributed by atoms with E-state index >= 15 is 0 Å². The molecule has 0 saturated carbocycles. The number of benzene rings is 1. The Bertz CT molecular complexity index is 654. The van der Waals surface area contributed by atoms with Crippen molar-refractivity contribution in [2.45, 2.75) is 39.3 Å². The molecular weight excluding hydrogens is 366 g/mol. The normalized spacial score (nSPS) is 16.5. The molecule has 1 aromatic carbocycles. The van der Waals surface area contributed by atoms with Crippen LogP contribution in [-0.4, -0.2) is 69.8 Å². The van der Waals surface area contributed by atoms with Gasteiger partial charge in [-0.1, -0.05) is 38.8 Å². The molecule has 1 aromatic rings. The van der Waals surface area contributed by atoms with E-state index in [0.717, 1.165) is 44.4 Å². The minimum Gasteiger partial charge on any atom is -0.379 e. The molecule has 7 nitrogen and oxygen atoms in total. The summed E-state index contributed by atoms with van der Waals surface area (Å²) < 4.78 is 5.54. The predicted octanol–water partition coefficient (Wildman–Crippen LogP) is 1.85. The van der Waals surface area contributed by atoms with Crippen LogP contribution in [0.4, 0.5) is 0 Å². The summed E-state index contributed by atoms with van der Waals surface area (Å²) in [7, 11) is 3.43. The van der Waals surface area contributed by atoms with Crippen LogP contribution in [0.15, 0.2) is 29.3 Å². The minimum absolute atomic E-state index is 0.0760. The van der Waals surface area contributed by atoms with Crippen LogP contribution < -0.4 is 16.0 Å². The van der Waals surface area contributed by atoms with Crippen LogP contribution in [-0.2, 0) is 11.3 Å². The van der Waals surface area contributed by atoms with Gasteiger partial charge >= 0.3 is 0 Å². The maximum absolute atomic E-state index is 11.8. The van der Waals surface area contributed by atoms with E-state index in [1.54, 1.807) is 14.1 Å². The van der Waals surface area contributed by atoms with Crippen molar-refractivity contribution in [1.29, 1.82) is 0 Å². The Labute approximate surface area is 175 Å². The van der Waals surface area contributed by atoms with Crippen LogP contribution in [0.5, 0.6) is 0 Å². The van der Waals surface area contributed by atoms with Crippen LogP contribution in [0, 0.1) is 5.92 Å². The average molecular weight is 404 g/mol. The van der Waals surface area contributed by atoms with Crippen molar-refractivity contribution in [3.8, 4) is 0 Å². The molecule has 0 aliphatic carbocycles. The zero-order valence-electron chi connectivity index (χ0n) is 18.3. The highest BCUT2D eigenvalue weighted by Crippen LogP contribution is 2.19. The van der Waals surface area contributed by atoms with Crippen LogP contribution in [0.1, 0.15) is 42.6 Å². The molecule has 162 valence electrons. The molecule has 1 amide bonds. The summed E-state index contributed by atoms with van der Waals surface area (Å²) in [6, 6.07) is 8.09. The van der Waals surface area contributed by atoms with E-state index in [-0.39, 0.29) is 5.91 Å². The summed E-state index contributed by atoms with van der Waals surface area (Å²) in [4.78, 5) is 18.8. The number of nitrogens with zero attached hydrogens (tertiary/aromatic N) is 2. The summed E-state index contributed by atoms with van der Waals surface area (Å²) in [5, 5.41) is 9.54. The highest BCUT2D eigenvalue weighted by Gasteiger charge is 2.27. The smallest absolute Gasteiger partial charge is 0.251 e. The number of aliphatic imine (C=N–C) groups is 1. The molecule has 0 spiro atoms. The Morgan fingerprint density at radius 1 is 1.21 bits per heavy atom. The number of hydrogen-bond donors (Lipinski definition) is 3. The third-order valence-electron chi connectivity index (χ3n) is 5.69. The first-order valence-electron chi connectivity index (χ1n) is 10.7. The summed E-state index contributed by atoms with van der Waals surface area (Å²) in [5.74, 6) is 1.34. The number of rotatable bonds is 9. The van der Waals surface area contributed by atoms with Gasteiger partial charge in [0.05, 0.1) is 13.2 Å². The van der Waals surface area contributed by atoms with Crippen LogP contribution in [0.3, 0.4) is 0 Å². The molecule has 0 radical (unpaired) electrons. The first kappa shape index (κ1) is 23.2. The van der Waals surface area contributed by atoms with E-state index in [1.807, 2.05) is 24.3 Å². The van der Waals surface area contributed by atoms with Gasteiger partial charge in [-0.25, -0.2) is 0 Å². The van der Waals surface area contributed by atoms with Gasteiger partial charge in [-0.15, -0.1) is 0 Å². The highest BCUT2D eigenvalue weighted by atomic mass is 16.5. The van der Waals surface area contributed by atoms with Crippen molar-refractivity contribution >= 4 is 11.9 Å². The van der Waals surface area contributed by atoms with E-state index in [9.17, 15) is 4.79 Å². The van der Waals surface area contributed by atoms with Crippen molar-refractivity contribution in [2.24, 2.45) is 10.9 Å². The van der Waals surface area contributed by atoms with Gasteiger partial charge in [0.15, 0.2) is 5.96 Å². The Morgan fingerprint density at radius 3 is 2.55 bits per heavy atom. The van der Waals surface area contributed by atoms with Crippen molar-refractivity contribution in [1.82, 2.24) is 20.9 Å². The Kier molecular flexibility index (Phi) is 9.94. The molecule has 1 unspecified atom stereocenters. The number of amides is 1. The van der Waals surface area contributed by atoms with E-state index < -0.39 is 0 Å². The maximum atomic E-state index is 11.8. The Hall–Kier alpha value is -2.12. The fourth-order valence-corrected chi connectivity index (χ4v) is 3.91. The lowest BCUT2D eigenvalue weighted by Gasteiger charge is -2.39. The van der Waals surface area contributed by atoms with E-state index in [1.165, 1.54) is 12.8 Å². The van der Waals surface area contributed by atoms with E-state index in [4.69, 9.17) is 4.74 Å². The number of morpholine rings is 1. The van der Waals surface area contributed by atoms with E-state index in [2.05, 4.69) is 39.7 Å². The Morgan fingerprint density at radius 2 is 1.93 bits per heavy atom. The standard InChI is InChI=1S/C22H37N5O2/c1-5-18(6-2)20(27-10-12-29-13-11-27)16-26-22(24-4)25-15-17-8-7-9-19(14-17)21(28)23-3/h7-9,14,18,20H,5-6,10-13,15-16H2,1-4H3,(H,23,28)(H2,24,25,26). The lowest BCUT2D eigenvalue weighted by Crippen LogP contribution is -2.53. The topological polar surface area (TPSA) is 78.0 Å². The molecule has 1 aliphatic rings. The second-order valence-electron chi connectivity index (χ2n) is 7.38. The summed E-state index contributed by atoms with van der Waals surface area (Å²) >= 11 is 0. The first-order chi connectivity index (χ1) is 14.1. The van der Waals surface area contributed by atoms with Gasteiger partial charge in [0, 0.05) is 51.9 Å². The van der Waals surface area contributed by atoms with Crippen LogP contribution >= 0.6 is 0 Å². The third kappa shape index (κ3) is 7.01. The fraction of sp³-hybridized carbons (Fsp3) is 0.636. The summed E-state index contributed by atoms with van der Waals surface area (Å²) in [6.45, 7) is 9.60. The van der Waals surface area contributed by atoms with Crippen molar-refractivity contribution < 1.29 is 9.53 Å². The molecule has 0 aromatic heterocycles. The number of nitrogens with one attached hydrogen (secondary N) is 3. The highest BCUT2D eigenvalue weighted by molar-refractivity contribution is 5.94. The van der Waals surface area contributed by atoms with E-state index in [0.29, 0.717) is 24.1 Å². The molecule has 1 fully saturated rings. The third-order valence-corrected chi connectivity index (χ3v) is 5.69. The van der Waals surface area contributed by atoms with Gasteiger partial charge in [0.2, 0.25) is 0 Å². The molecule has 2 rings (SSSR count). The number of carbonyl (C=O) groups is 1. The van der Waals surface area contributed by atoms with Crippen LogP contribution in [0.2, 0.25) is 0 Å². The van der Waals surface area contributed by atoms with Gasteiger partial charge in [-0.3, -0.25) is 14.7 Å². The molecule has 1 aliphatic heterocycles. The maximum Gasteiger partial charge on any atom is 0.251 e. The SMILES string of the molecule is CCC(CC)C(CNC(=NC)NCc1cccc(C(=O)NC)c1)N1CCOCC1. The van der Waals surface area contributed by atoms with Gasteiger partial charge in [-0.2, -0.15) is 0 Å². The fourth-order valence-electron chi connectivity index (χ4n) is 3.91. The predicted molar refractivity (Wildman–Crippen MR) is 118 cm³/mol. The molecule has 3 N–H and O–H groups in total. The second-order valence-corrected chi connectivity index (χ2v) is 7.38. The van der Waals surface area contributed by atoms with Gasteiger partial charge in [0.1, 0.15) is 0 Å². The van der Waals surface area contributed by atoms with Gasteiger partial charge in [-0.05, 0) is 23.6 Å². The summed E-state index contributed by atoms with van der Waals surface area (Å²) in [5.41, 5.74) is 1.70. The zero-order chi connectivity index (χ0) is 21.1. The average Bonchev–Trinajstić information content (AvgIpc) is 2.78. The van der Waals surface area contributed by atoms with Crippen LogP contribution in [0.25, 0.3) is 0 Å². The minimum atomic E-state index is -0.0760. The number of guanidine groups is 1. The number of hydrogen-bond acceptors (Lipinski definition) is 4. The zero-order valence-corrected chi connectivity index (χ0v) is 18.3. The number of ether oxygens (including phenoxy) is 1. The van der Waals surface area contributed by atoms with Crippen molar-refractivity contribution in [2.75, 3.05) is 46.9 Å². The molecule has 7 heteroatoms. The molecule has 0 bridgehead atoms. The second kappa shape index (κ2) is 12.4. The van der Waals surface area contributed by atoms with Crippen molar-refractivity contribution in [3.05, 3.63) is 35.4 Å². The number of carbonyl (C=O) groups excluding carboxylic acids is 1. The molecule has 29 heavy (non-hydrogen) atoms. The molecular formula is C22H37N5O2. The van der Waals surface area contributed by atoms with Crippen molar-refractivity contribution in [3.63, 3.8) is 0 Å². The summed E-state index contributed by atoms with van der Waals surface area (Å²) in [6.07, 6.45) is 2.33. The molecule has 1 heterocycles. The largest absolute Gasteiger partial charge is 0.379 e. The first-order valence-corrected chi connectivity index (χ1v) is 10.7. The molecule has 1 atom stereocenters. The quantitative estimate of drug-likeness (QED) is 0.433. The van der Waals surface area contributed by atoms with Gasteiger partial charge in [0.25, 0.3) is 5.91 Å². The monoisotopic (exact) mass is 403 g/mol. The lowest BCUT2D eigenvalue weighted by atomic mass is 9.92. The molecule has 1 saturated heterocycles. The van der Waals surface area contributed by atoms with Gasteiger partial charge < -0.3 is 20.7 Å². The Balaban J connectivity index is 1.94.